The van der Waals surface area contributed by atoms with Crippen LogP contribution < -0.4 is 5.46 Å². The van der Waals surface area contributed by atoms with E-state index in [0.29, 0.717) is 0 Å². The number of benzene rings is 5. The first-order valence-corrected chi connectivity index (χ1v) is 13.3. The molecular weight excluding hydrogens is 465 g/mol. The van der Waals surface area contributed by atoms with Gasteiger partial charge in [-0.05, 0) is 73.9 Å². The molecule has 0 saturated carbocycles. The fraction of sp³-hybridized carbons (Fsp3) is 0.176. The first kappa shape index (κ1) is 23.3. The Hall–Kier alpha value is -3.86. The summed E-state index contributed by atoms with van der Waals surface area (Å²) in [7, 11) is -0.364. The third kappa shape index (κ3) is 3.44. The van der Waals surface area contributed by atoms with Gasteiger partial charge >= 0.3 is 7.12 Å². The van der Waals surface area contributed by atoms with E-state index in [0.717, 1.165) is 5.46 Å². The lowest BCUT2D eigenvalue weighted by molar-refractivity contribution is 0.00578. The highest BCUT2D eigenvalue weighted by molar-refractivity contribution is 6.62. The second-order valence-electron chi connectivity index (χ2n) is 11.3. The predicted molar refractivity (Wildman–Crippen MR) is 159 cm³/mol. The van der Waals surface area contributed by atoms with Gasteiger partial charge in [-0.1, -0.05) is 84.9 Å². The van der Waals surface area contributed by atoms with E-state index in [1.165, 1.54) is 49.4 Å². The molecule has 0 radical (unpaired) electrons. The number of aromatic nitrogens is 1. The summed E-state index contributed by atoms with van der Waals surface area (Å²) < 4.78 is 15.0. The summed E-state index contributed by atoms with van der Waals surface area (Å²) in [5.41, 5.74) is 6.36. The van der Waals surface area contributed by atoms with E-state index in [-0.39, 0.29) is 18.3 Å². The molecule has 5 aromatic carbocycles. The highest BCUT2D eigenvalue weighted by atomic mass is 16.7. The Labute approximate surface area is 223 Å². The van der Waals surface area contributed by atoms with E-state index in [9.17, 15) is 0 Å². The Balaban J connectivity index is 1.43. The van der Waals surface area contributed by atoms with E-state index in [1.807, 2.05) is 0 Å². The molecule has 0 bridgehead atoms. The van der Waals surface area contributed by atoms with Crippen molar-refractivity contribution in [3.63, 3.8) is 0 Å². The van der Waals surface area contributed by atoms with E-state index >= 15 is 0 Å². The van der Waals surface area contributed by atoms with Crippen molar-refractivity contribution >= 4 is 45.2 Å². The minimum atomic E-state index is -0.364. The molecule has 0 aliphatic carbocycles. The molecule has 2 heterocycles. The Morgan fingerprint density at radius 2 is 1.16 bits per heavy atom. The van der Waals surface area contributed by atoms with Crippen molar-refractivity contribution < 1.29 is 9.31 Å². The number of fused-ring (bicyclic) bond motifs is 5. The zero-order valence-electron chi connectivity index (χ0n) is 22.2. The quantitative estimate of drug-likeness (QED) is 0.233. The molecule has 0 amide bonds. The maximum Gasteiger partial charge on any atom is 0.494 e. The van der Waals surface area contributed by atoms with Crippen molar-refractivity contribution in [3.05, 3.63) is 109 Å². The monoisotopic (exact) mass is 495 g/mol. The molecule has 186 valence electrons. The van der Waals surface area contributed by atoms with Crippen molar-refractivity contribution in [3.8, 4) is 16.8 Å². The standard InChI is InChI=1S/C34H30BNO2/c1-33(2)34(3,4)38-35(37-33)24-20-18-23(19-21-24)29-22-30-27-15-10-11-17-31(27)36(25-12-6-5-7-13-25)32(30)28-16-9-8-14-26(28)29/h5-22H,1-4H3. The second-order valence-corrected chi connectivity index (χ2v) is 11.3. The van der Waals surface area contributed by atoms with E-state index in [1.54, 1.807) is 0 Å². The van der Waals surface area contributed by atoms with Gasteiger partial charge in [0.1, 0.15) is 0 Å². The topological polar surface area (TPSA) is 23.4 Å². The zero-order valence-corrected chi connectivity index (χ0v) is 22.2. The molecule has 3 nitrogen and oxygen atoms in total. The van der Waals surface area contributed by atoms with Crippen molar-refractivity contribution in [2.45, 2.75) is 38.9 Å². The largest absolute Gasteiger partial charge is 0.494 e. The average molecular weight is 495 g/mol. The first-order chi connectivity index (χ1) is 18.3. The van der Waals surface area contributed by atoms with Crippen LogP contribution in [0.5, 0.6) is 0 Å². The van der Waals surface area contributed by atoms with E-state index in [4.69, 9.17) is 9.31 Å². The Morgan fingerprint density at radius 3 is 1.84 bits per heavy atom. The van der Waals surface area contributed by atoms with E-state index < -0.39 is 0 Å². The summed E-state index contributed by atoms with van der Waals surface area (Å²) in [4.78, 5) is 0. The van der Waals surface area contributed by atoms with Crippen LogP contribution in [0.25, 0.3) is 49.4 Å². The Bertz CT molecular complexity index is 1800. The SMILES string of the molecule is CC1(C)OB(c2ccc(-c3cc4c5ccccc5n(-c5ccccc5)c4c4ccccc34)cc2)OC1(C)C. The molecular formula is C34H30BNO2. The van der Waals surface area contributed by atoms with Crippen molar-refractivity contribution in [1.82, 2.24) is 4.57 Å². The van der Waals surface area contributed by atoms with Gasteiger partial charge in [-0.2, -0.15) is 0 Å². The third-order valence-electron chi connectivity index (χ3n) is 8.44. The van der Waals surface area contributed by atoms with Gasteiger partial charge < -0.3 is 13.9 Å². The minimum absolute atomic E-state index is 0.357. The summed E-state index contributed by atoms with van der Waals surface area (Å²) in [5, 5.41) is 5.00. The van der Waals surface area contributed by atoms with Crippen molar-refractivity contribution in [2.24, 2.45) is 0 Å². The molecule has 7 rings (SSSR count). The number of hydrogen-bond donors (Lipinski definition) is 0. The first-order valence-electron chi connectivity index (χ1n) is 13.3. The molecule has 0 atom stereocenters. The highest BCUT2D eigenvalue weighted by Crippen LogP contribution is 2.41. The molecule has 1 fully saturated rings. The van der Waals surface area contributed by atoms with Crippen LogP contribution in [0.15, 0.2) is 109 Å². The fourth-order valence-corrected chi connectivity index (χ4v) is 5.71. The number of para-hydroxylation sites is 2. The minimum Gasteiger partial charge on any atom is -0.399 e. The van der Waals surface area contributed by atoms with Gasteiger partial charge in [-0.3, -0.25) is 0 Å². The molecule has 38 heavy (non-hydrogen) atoms. The van der Waals surface area contributed by atoms with Crippen LogP contribution in [0.2, 0.25) is 0 Å². The van der Waals surface area contributed by atoms with Crippen LogP contribution in [0.4, 0.5) is 0 Å². The van der Waals surface area contributed by atoms with Gasteiger partial charge in [0.25, 0.3) is 0 Å². The molecule has 4 heteroatoms. The van der Waals surface area contributed by atoms with Gasteiger partial charge in [0, 0.05) is 21.8 Å². The summed E-state index contributed by atoms with van der Waals surface area (Å²) in [6.45, 7) is 8.37. The van der Waals surface area contributed by atoms with Crippen LogP contribution >= 0.6 is 0 Å². The fourth-order valence-electron chi connectivity index (χ4n) is 5.71. The van der Waals surface area contributed by atoms with Crippen molar-refractivity contribution in [2.75, 3.05) is 0 Å². The molecule has 0 spiro atoms. The van der Waals surface area contributed by atoms with Crippen LogP contribution in [-0.2, 0) is 9.31 Å². The summed E-state index contributed by atoms with van der Waals surface area (Å²) in [6, 6.07) is 39.2. The summed E-state index contributed by atoms with van der Waals surface area (Å²) >= 11 is 0. The normalized spacial score (nSPS) is 16.6. The van der Waals surface area contributed by atoms with Crippen LogP contribution in [0, 0.1) is 0 Å². The second kappa shape index (κ2) is 8.32. The molecule has 1 aliphatic rings. The third-order valence-corrected chi connectivity index (χ3v) is 8.44. The maximum absolute atomic E-state index is 6.29. The molecule has 1 saturated heterocycles. The lowest BCUT2D eigenvalue weighted by Gasteiger charge is -2.32. The lowest BCUT2D eigenvalue weighted by Crippen LogP contribution is -2.41. The predicted octanol–water partition coefficient (Wildman–Crippen LogP) is 7.90. The lowest BCUT2D eigenvalue weighted by atomic mass is 9.78. The van der Waals surface area contributed by atoms with Gasteiger partial charge in [-0.25, -0.2) is 0 Å². The van der Waals surface area contributed by atoms with Gasteiger partial charge in [0.15, 0.2) is 0 Å². The zero-order chi connectivity index (χ0) is 26.1. The number of rotatable bonds is 3. The number of hydrogen-bond acceptors (Lipinski definition) is 2. The highest BCUT2D eigenvalue weighted by Gasteiger charge is 2.51. The van der Waals surface area contributed by atoms with Gasteiger partial charge in [-0.15, -0.1) is 0 Å². The van der Waals surface area contributed by atoms with Gasteiger partial charge in [0.2, 0.25) is 0 Å². The molecule has 1 aromatic heterocycles. The van der Waals surface area contributed by atoms with Crippen LogP contribution in [0.3, 0.4) is 0 Å². The molecule has 6 aromatic rings. The molecule has 0 N–H and O–H groups in total. The molecule has 1 aliphatic heterocycles. The average Bonchev–Trinajstić information content (AvgIpc) is 3.38. The Morgan fingerprint density at radius 1 is 0.579 bits per heavy atom. The Kier molecular flexibility index (Phi) is 5.10. The molecule has 0 unspecified atom stereocenters. The van der Waals surface area contributed by atoms with Gasteiger partial charge in [0.05, 0.1) is 22.2 Å². The smallest absolute Gasteiger partial charge is 0.399 e. The maximum atomic E-state index is 6.29. The summed E-state index contributed by atoms with van der Waals surface area (Å²) in [6.07, 6.45) is 0. The van der Waals surface area contributed by atoms with Crippen LogP contribution in [0.1, 0.15) is 27.7 Å². The van der Waals surface area contributed by atoms with E-state index in [2.05, 4.69) is 141 Å². The van der Waals surface area contributed by atoms with Crippen LogP contribution in [-0.4, -0.2) is 22.9 Å². The summed E-state index contributed by atoms with van der Waals surface area (Å²) in [5.74, 6) is 0. The number of nitrogens with zero attached hydrogens (tertiary/aromatic N) is 1. The van der Waals surface area contributed by atoms with Crippen molar-refractivity contribution in [1.29, 1.82) is 0 Å².